The third-order valence-corrected chi connectivity index (χ3v) is 5.03. The topological polar surface area (TPSA) is 67.8 Å². The number of hydrogen-bond donors (Lipinski definition) is 0. The van der Waals surface area contributed by atoms with Gasteiger partial charge in [-0.15, -0.1) is 0 Å². The fourth-order valence-corrected chi connectivity index (χ4v) is 2.99. The van der Waals surface area contributed by atoms with Crippen molar-refractivity contribution in [2.24, 2.45) is 0 Å². The molecular weight excluding hydrogens is 430 g/mol. The van der Waals surface area contributed by atoms with Gasteiger partial charge >= 0.3 is 0 Å². The van der Waals surface area contributed by atoms with Gasteiger partial charge in [-0.3, -0.25) is 9.78 Å². The standard InChI is InChI=1S/C24H26F2N4O3/c1-5-32-20-11-10-19(23(25)24(20)26)17-6-8-18(9-7-17)33-22-15-27-14-21(28-22)30(4)13-12-29(3)16(2)31/h6-11,14-15H,5,12-13H2,1-4H3. The maximum absolute atomic E-state index is 14.5. The number of hydrogen-bond acceptors (Lipinski definition) is 6. The van der Waals surface area contributed by atoms with Crippen molar-refractivity contribution < 1.29 is 23.0 Å². The molecule has 0 bridgehead atoms. The molecule has 0 N–H and O–H groups in total. The van der Waals surface area contributed by atoms with Crippen LogP contribution in [0.3, 0.4) is 0 Å². The molecule has 0 spiro atoms. The Labute approximate surface area is 191 Å². The van der Waals surface area contributed by atoms with Crippen molar-refractivity contribution >= 4 is 11.7 Å². The van der Waals surface area contributed by atoms with Crippen molar-refractivity contribution in [3.8, 4) is 28.5 Å². The van der Waals surface area contributed by atoms with E-state index in [4.69, 9.17) is 9.47 Å². The Kier molecular flexibility index (Phi) is 7.76. The molecule has 0 saturated carbocycles. The lowest BCUT2D eigenvalue weighted by Crippen LogP contribution is -2.33. The van der Waals surface area contributed by atoms with Crippen molar-refractivity contribution in [1.29, 1.82) is 0 Å². The van der Waals surface area contributed by atoms with E-state index in [-0.39, 0.29) is 29.7 Å². The molecule has 3 rings (SSSR count). The molecule has 1 amide bonds. The van der Waals surface area contributed by atoms with Gasteiger partial charge in [0, 0.05) is 39.7 Å². The number of halogens is 2. The van der Waals surface area contributed by atoms with E-state index >= 15 is 0 Å². The van der Waals surface area contributed by atoms with E-state index in [0.29, 0.717) is 30.2 Å². The Hall–Kier alpha value is -3.75. The molecule has 2 aromatic carbocycles. The summed E-state index contributed by atoms with van der Waals surface area (Å²) < 4.78 is 39.5. The van der Waals surface area contributed by atoms with Crippen LogP contribution in [0.5, 0.6) is 17.4 Å². The minimum Gasteiger partial charge on any atom is -0.491 e. The summed E-state index contributed by atoms with van der Waals surface area (Å²) in [6, 6.07) is 9.44. The van der Waals surface area contributed by atoms with E-state index in [9.17, 15) is 13.6 Å². The molecule has 0 atom stereocenters. The van der Waals surface area contributed by atoms with Gasteiger partial charge in [0.05, 0.1) is 19.0 Å². The molecule has 174 valence electrons. The minimum atomic E-state index is -1.01. The SMILES string of the molecule is CCOc1ccc(-c2ccc(Oc3cncc(N(C)CCN(C)C(C)=O)n3)cc2)c(F)c1F. The maximum Gasteiger partial charge on any atom is 0.239 e. The van der Waals surface area contributed by atoms with Gasteiger partial charge in [0.1, 0.15) is 5.75 Å². The second-order valence-corrected chi connectivity index (χ2v) is 7.38. The van der Waals surface area contributed by atoms with E-state index in [1.807, 2.05) is 11.9 Å². The molecule has 0 radical (unpaired) electrons. The van der Waals surface area contributed by atoms with Crippen LogP contribution >= 0.6 is 0 Å². The quantitative estimate of drug-likeness (QED) is 0.471. The average Bonchev–Trinajstić information content (AvgIpc) is 2.81. The first-order valence-corrected chi connectivity index (χ1v) is 10.4. The summed E-state index contributed by atoms with van der Waals surface area (Å²) >= 11 is 0. The van der Waals surface area contributed by atoms with Gasteiger partial charge in [0.15, 0.2) is 17.4 Å². The largest absolute Gasteiger partial charge is 0.491 e. The summed E-state index contributed by atoms with van der Waals surface area (Å²) in [6.45, 7) is 4.59. The molecule has 1 heterocycles. The molecular formula is C24H26F2N4O3. The summed E-state index contributed by atoms with van der Waals surface area (Å²) in [5.74, 6) is -0.765. The minimum absolute atomic E-state index is 0.0112. The first-order valence-electron chi connectivity index (χ1n) is 10.4. The summed E-state index contributed by atoms with van der Waals surface area (Å²) in [5, 5.41) is 0. The Morgan fingerprint density at radius 2 is 1.73 bits per heavy atom. The lowest BCUT2D eigenvalue weighted by molar-refractivity contribution is -0.127. The van der Waals surface area contributed by atoms with Gasteiger partial charge < -0.3 is 19.3 Å². The highest BCUT2D eigenvalue weighted by Gasteiger charge is 2.16. The lowest BCUT2D eigenvalue weighted by atomic mass is 10.0. The van der Waals surface area contributed by atoms with E-state index in [2.05, 4.69) is 9.97 Å². The Morgan fingerprint density at radius 3 is 2.39 bits per heavy atom. The molecule has 0 fully saturated rings. The van der Waals surface area contributed by atoms with Crippen molar-refractivity contribution in [2.75, 3.05) is 38.7 Å². The normalized spacial score (nSPS) is 10.6. The van der Waals surface area contributed by atoms with Gasteiger partial charge in [-0.2, -0.15) is 9.37 Å². The second kappa shape index (κ2) is 10.7. The van der Waals surface area contributed by atoms with Gasteiger partial charge in [-0.05, 0) is 36.8 Å². The zero-order valence-electron chi connectivity index (χ0n) is 19.0. The zero-order chi connectivity index (χ0) is 24.0. The van der Waals surface area contributed by atoms with E-state index in [1.165, 1.54) is 25.3 Å². The van der Waals surface area contributed by atoms with E-state index < -0.39 is 11.6 Å². The fourth-order valence-electron chi connectivity index (χ4n) is 2.99. The van der Waals surface area contributed by atoms with Crippen LogP contribution in [-0.2, 0) is 4.79 Å². The molecule has 7 nitrogen and oxygen atoms in total. The second-order valence-electron chi connectivity index (χ2n) is 7.38. The summed E-state index contributed by atoms with van der Waals surface area (Å²) in [5.41, 5.74) is 0.623. The number of carbonyl (C=O) groups is 1. The summed E-state index contributed by atoms with van der Waals surface area (Å²) in [7, 11) is 3.58. The number of likely N-dealkylation sites (N-methyl/N-ethyl adjacent to an activating group) is 2. The van der Waals surface area contributed by atoms with Crippen LogP contribution in [0.15, 0.2) is 48.8 Å². The third kappa shape index (κ3) is 5.94. The molecule has 9 heteroatoms. The monoisotopic (exact) mass is 456 g/mol. The number of amides is 1. The number of nitrogens with zero attached hydrogens (tertiary/aromatic N) is 4. The van der Waals surface area contributed by atoms with Crippen molar-refractivity contribution in [2.45, 2.75) is 13.8 Å². The van der Waals surface area contributed by atoms with Gasteiger partial charge in [-0.1, -0.05) is 12.1 Å². The molecule has 0 unspecified atom stereocenters. The number of aromatic nitrogens is 2. The molecule has 1 aromatic heterocycles. The molecule has 0 saturated heterocycles. The van der Waals surface area contributed by atoms with Crippen LogP contribution < -0.4 is 14.4 Å². The van der Waals surface area contributed by atoms with E-state index in [0.717, 1.165) is 0 Å². The van der Waals surface area contributed by atoms with Crippen LogP contribution in [0.2, 0.25) is 0 Å². The summed E-state index contributed by atoms with van der Waals surface area (Å²) in [6.07, 6.45) is 3.08. The number of benzene rings is 2. The number of anilines is 1. The zero-order valence-corrected chi connectivity index (χ0v) is 19.0. The lowest BCUT2D eigenvalue weighted by Gasteiger charge is -2.22. The average molecular weight is 456 g/mol. The first kappa shape index (κ1) is 23.9. The highest BCUT2D eigenvalue weighted by molar-refractivity contribution is 5.72. The molecule has 33 heavy (non-hydrogen) atoms. The van der Waals surface area contributed by atoms with Crippen molar-refractivity contribution in [1.82, 2.24) is 14.9 Å². The fraction of sp³-hybridized carbons (Fsp3) is 0.292. The number of ether oxygens (including phenoxy) is 2. The van der Waals surface area contributed by atoms with Crippen LogP contribution in [0.25, 0.3) is 11.1 Å². The third-order valence-electron chi connectivity index (χ3n) is 5.03. The molecule has 0 aliphatic rings. The van der Waals surface area contributed by atoms with Crippen molar-refractivity contribution in [3.05, 3.63) is 60.4 Å². The maximum atomic E-state index is 14.5. The number of carbonyl (C=O) groups excluding carboxylic acids is 1. The predicted molar refractivity (Wildman–Crippen MR) is 122 cm³/mol. The van der Waals surface area contributed by atoms with Crippen molar-refractivity contribution in [3.63, 3.8) is 0 Å². The highest BCUT2D eigenvalue weighted by Crippen LogP contribution is 2.31. The first-order chi connectivity index (χ1) is 15.8. The van der Waals surface area contributed by atoms with Crippen LogP contribution in [0.1, 0.15) is 13.8 Å². The van der Waals surface area contributed by atoms with Gasteiger partial charge in [0.2, 0.25) is 17.6 Å². The highest BCUT2D eigenvalue weighted by atomic mass is 19.2. The summed E-state index contributed by atoms with van der Waals surface area (Å²) in [4.78, 5) is 23.4. The smallest absolute Gasteiger partial charge is 0.239 e. The van der Waals surface area contributed by atoms with Crippen LogP contribution in [0.4, 0.5) is 14.6 Å². The van der Waals surface area contributed by atoms with Gasteiger partial charge in [0.25, 0.3) is 0 Å². The molecule has 0 aliphatic heterocycles. The number of rotatable bonds is 9. The Balaban J connectivity index is 1.70. The molecule has 0 aliphatic carbocycles. The van der Waals surface area contributed by atoms with Gasteiger partial charge in [-0.25, -0.2) is 4.39 Å². The van der Waals surface area contributed by atoms with E-state index in [1.54, 1.807) is 49.3 Å². The Bertz CT molecular complexity index is 1110. The van der Waals surface area contributed by atoms with Crippen LogP contribution in [0, 0.1) is 11.6 Å². The Morgan fingerprint density at radius 1 is 1.00 bits per heavy atom. The molecule has 3 aromatic rings. The van der Waals surface area contributed by atoms with Crippen LogP contribution in [-0.4, -0.2) is 54.6 Å². The predicted octanol–water partition coefficient (Wildman–Crippen LogP) is 4.53.